The molecule has 0 spiro atoms. The third kappa shape index (κ3) is 7.30. The lowest BCUT2D eigenvalue weighted by Crippen LogP contribution is -2.40. The van der Waals surface area contributed by atoms with Gasteiger partial charge in [0.1, 0.15) is 0 Å². The van der Waals surface area contributed by atoms with Crippen LogP contribution >= 0.6 is 0 Å². The molecular formula is C22H30N4O4S. The topological polar surface area (TPSA) is 109 Å². The van der Waals surface area contributed by atoms with Gasteiger partial charge in [0, 0.05) is 30.7 Å². The lowest BCUT2D eigenvalue weighted by atomic mass is 9.93. The van der Waals surface area contributed by atoms with Crippen LogP contribution in [0, 0.1) is 0 Å². The average Bonchev–Trinajstić information content (AvgIpc) is 2.73. The maximum Gasteiger partial charge on any atom is 0.319 e. The summed E-state index contributed by atoms with van der Waals surface area (Å²) < 4.78 is 34.2. The fourth-order valence-electron chi connectivity index (χ4n) is 3.63. The molecule has 0 aliphatic heterocycles. The van der Waals surface area contributed by atoms with Crippen LogP contribution in [0.15, 0.2) is 53.7 Å². The number of aromatic nitrogens is 1. The summed E-state index contributed by atoms with van der Waals surface area (Å²) in [6.45, 7) is 4.32. The number of ether oxygens (including phenoxy) is 1. The lowest BCUT2D eigenvalue weighted by molar-refractivity contribution is -0.0167. The maximum atomic E-state index is 12.8. The van der Waals surface area contributed by atoms with Crippen molar-refractivity contribution in [2.75, 3.05) is 5.32 Å². The zero-order valence-electron chi connectivity index (χ0n) is 17.9. The summed E-state index contributed by atoms with van der Waals surface area (Å²) in [6.07, 6.45) is 6.92. The van der Waals surface area contributed by atoms with Gasteiger partial charge in [0.2, 0.25) is 10.0 Å². The third-order valence-electron chi connectivity index (χ3n) is 5.01. The molecule has 0 saturated heterocycles. The van der Waals surface area contributed by atoms with E-state index in [-0.39, 0.29) is 29.2 Å². The minimum Gasteiger partial charge on any atom is -0.376 e. The molecule has 3 N–H and O–H groups in total. The molecule has 2 amide bonds. The minimum absolute atomic E-state index is 0.0817. The van der Waals surface area contributed by atoms with Gasteiger partial charge in [0.05, 0.1) is 17.1 Å². The number of anilines is 1. The Hall–Kier alpha value is -2.49. The highest BCUT2D eigenvalue weighted by Crippen LogP contribution is 2.24. The molecule has 0 radical (unpaired) electrons. The molecular weight excluding hydrogens is 416 g/mol. The summed E-state index contributed by atoms with van der Waals surface area (Å²) in [5.41, 5.74) is 1.39. The van der Waals surface area contributed by atoms with E-state index in [9.17, 15) is 13.2 Å². The molecule has 168 valence electrons. The fourth-order valence-corrected chi connectivity index (χ4v) is 4.91. The first-order valence-electron chi connectivity index (χ1n) is 10.5. The largest absolute Gasteiger partial charge is 0.376 e. The van der Waals surface area contributed by atoms with Gasteiger partial charge in [-0.3, -0.25) is 4.98 Å². The molecule has 1 aliphatic rings. The Bertz CT molecular complexity index is 949. The quantitative estimate of drug-likeness (QED) is 0.576. The van der Waals surface area contributed by atoms with E-state index in [1.165, 1.54) is 12.1 Å². The van der Waals surface area contributed by atoms with E-state index in [0.29, 0.717) is 18.7 Å². The molecule has 9 heteroatoms. The van der Waals surface area contributed by atoms with Crippen molar-refractivity contribution in [3.63, 3.8) is 0 Å². The highest BCUT2D eigenvalue weighted by Gasteiger charge is 2.27. The summed E-state index contributed by atoms with van der Waals surface area (Å²) >= 11 is 0. The van der Waals surface area contributed by atoms with Crippen molar-refractivity contribution in [3.05, 3.63) is 54.4 Å². The first-order valence-corrected chi connectivity index (χ1v) is 12.0. The summed E-state index contributed by atoms with van der Waals surface area (Å²) in [6, 6.07) is 9.27. The maximum absolute atomic E-state index is 12.8. The van der Waals surface area contributed by atoms with Crippen LogP contribution in [0.25, 0.3) is 0 Å². The number of amides is 2. The molecule has 1 aromatic heterocycles. The number of carbonyl (C=O) groups excluding carboxylic acids is 1. The number of nitrogens with one attached hydrogen (secondary N) is 3. The smallest absolute Gasteiger partial charge is 0.319 e. The Morgan fingerprint density at radius 3 is 2.65 bits per heavy atom. The normalized spacial score (nSPS) is 19.2. The van der Waals surface area contributed by atoms with Crippen LogP contribution in [0.2, 0.25) is 0 Å². The Kier molecular flexibility index (Phi) is 8.00. The molecule has 31 heavy (non-hydrogen) atoms. The van der Waals surface area contributed by atoms with E-state index in [4.69, 9.17) is 4.74 Å². The molecule has 2 aromatic rings. The van der Waals surface area contributed by atoms with E-state index < -0.39 is 10.0 Å². The van der Waals surface area contributed by atoms with Crippen molar-refractivity contribution in [2.45, 2.75) is 69.2 Å². The number of pyridine rings is 1. The zero-order chi connectivity index (χ0) is 22.3. The van der Waals surface area contributed by atoms with Crippen molar-refractivity contribution in [1.82, 2.24) is 15.0 Å². The van der Waals surface area contributed by atoms with Crippen LogP contribution in [0.3, 0.4) is 0 Å². The summed E-state index contributed by atoms with van der Waals surface area (Å²) in [4.78, 5) is 16.2. The van der Waals surface area contributed by atoms with Gasteiger partial charge < -0.3 is 15.4 Å². The second-order valence-corrected chi connectivity index (χ2v) is 9.70. The van der Waals surface area contributed by atoms with Gasteiger partial charge in [0.25, 0.3) is 0 Å². The van der Waals surface area contributed by atoms with Crippen molar-refractivity contribution >= 4 is 21.7 Å². The van der Waals surface area contributed by atoms with Gasteiger partial charge in [-0.05, 0) is 75.4 Å². The summed E-state index contributed by atoms with van der Waals surface area (Å²) in [7, 11) is -3.64. The van der Waals surface area contributed by atoms with E-state index in [0.717, 1.165) is 24.8 Å². The summed E-state index contributed by atoms with van der Waals surface area (Å²) in [5.74, 6) is 0. The fraction of sp³-hybridized carbons (Fsp3) is 0.455. The second kappa shape index (κ2) is 10.7. The number of nitrogens with zero attached hydrogens (tertiary/aromatic N) is 1. The second-order valence-electron chi connectivity index (χ2n) is 7.98. The van der Waals surface area contributed by atoms with E-state index in [1.807, 2.05) is 19.9 Å². The Balaban J connectivity index is 1.52. The number of benzene rings is 1. The Morgan fingerprint density at radius 2 is 1.97 bits per heavy atom. The van der Waals surface area contributed by atoms with E-state index in [2.05, 4.69) is 20.3 Å². The van der Waals surface area contributed by atoms with E-state index >= 15 is 0 Å². The number of hydrogen-bond donors (Lipinski definition) is 3. The molecule has 3 rings (SSSR count). The van der Waals surface area contributed by atoms with Gasteiger partial charge in [-0.15, -0.1) is 0 Å². The number of rotatable bonds is 8. The predicted molar refractivity (Wildman–Crippen MR) is 119 cm³/mol. The molecule has 1 fully saturated rings. The van der Waals surface area contributed by atoms with Crippen LogP contribution in [-0.4, -0.2) is 37.7 Å². The minimum atomic E-state index is -3.64. The number of sulfonamides is 1. The SMILES string of the molecule is CC(C)OC1CCCC(NS(=O)(=O)c2ccc(NC(=O)NCc3cccnc3)cc2)C1. The molecule has 1 saturated carbocycles. The monoisotopic (exact) mass is 446 g/mol. The standard InChI is InChI=1S/C22H30N4O4S/c1-16(2)30-20-7-3-6-19(13-20)26-31(28,29)21-10-8-18(9-11-21)25-22(27)24-15-17-5-4-12-23-14-17/h4-5,8-12,14,16,19-20,26H,3,6-7,13,15H2,1-2H3,(H2,24,25,27). The van der Waals surface area contributed by atoms with Crippen molar-refractivity contribution in [3.8, 4) is 0 Å². The van der Waals surface area contributed by atoms with Crippen molar-refractivity contribution in [2.24, 2.45) is 0 Å². The van der Waals surface area contributed by atoms with Gasteiger partial charge in [-0.25, -0.2) is 17.9 Å². The van der Waals surface area contributed by atoms with Crippen LogP contribution in [0.5, 0.6) is 0 Å². The van der Waals surface area contributed by atoms with Gasteiger partial charge >= 0.3 is 6.03 Å². The van der Waals surface area contributed by atoms with Crippen LogP contribution in [0.1, 0.15) is 45.1 Å². The highest BCUT2D eigenvalue weighted by atomic mass is 32.2. The van der Waals surface area contributed by atoms with Gasteiger partial charge in [-0.1, -0.05) is 6.07 Å². The molecule has 1 heterocycles. The highest BCUT2D eigenvalue weighted by molar-refractivity contribution is 7.89. The van der Waals surface area contributed by atoms with Crippen molar-refractivity contribution in [1.29, 1.82) is 0 Å². The molecule has 2 unspecified atom stereocenters. The van der Waals surface area contributed by atoms with Crippen LogP contribution < -0.4 is 15.4 Å². The van der Waals surface area contributed by atoms with Crippen LogP contribution in [0.4, 0.5) is 10.5 Å². The van der Waals surface area contributed by atoms with E-state index in [1.54, 1.807) is 30.6 Å². The number of urea groups is 1. The molecule has 1 aromatic carbocycles. The molecule has 8 nitrogen and oxygen atoms in total. The molecule has 2 atom stereocenters. The Morgan fingerprint density at radius 1 is 1.19 bits per heavy atom. The first-order chi connectivity index (χ1) is 14.8. The molecule has 0 bridgehead atoms. The Labute approximate surface area is 183 Å². The predicted octanol–water partition coefficient (Wildman–Crippen LogP) is 3.42. The van der Waals surface area contributed by atoms with Crippen LogP contribution in [-0.2, 0) is 21.3 Å². The van der Waals surface area contributed by atoms with Crippen molar-refractivity contribution < 1.29 is 17.9 Å². The average molecular weight is 447 g/mol. The van der Waals surface area contributed by atoms with Gasteiger partial charge in [-0.2, -0.15) is 0 Å². The summed E-state index contributed by atoms with van der Waals surface area (Å²) in [5, 5.41) is 5.43. The first kappa shape index (κ1) is 23.2. The number of carbonyl (C=O) groups is 1. The lowest BCUT2D eigenvalue weighted by Gasteiger charge is -2.30. The third-order valence-corrected chi connectivity index (χ3v) is 6.55. The number of hydrogen-bond acceptors (Lipinski definition) is 5. The van der Waals surface area contributed by atoms with Gasteiger partial charge in [0.15, 0.2) is 0 Å². The molecule has 1 aliphatic carbocycles. The zero-order valence-corrected chi connectivity index (χ0v) is 18.7.